The second-order valence-corrected chi connectivity index (χ2v) is 4.15. The van der Waals surface area contributed by atoms with Gasteiger partial charge in [-0.3, -0.25) is 4.68 Å². The third-order valence-electron chi connectivity index (χ3n) is 2.83. The van der Waals surface area contributed by atoms with Gasteiger partial charge in [-0.25, -0.2) is 0 Å². The van der Waals surface area contributed by atoms with E-state index >= 15 is 0 Å². The van der Waals surface area contributed by atoms with E-state index < -0.39 is 6.10 Å². The van der Waals surface area contributed by atoms with Gasteiger partial charge < -0.3 is 10.8 Å². The first-order chi connectivity index (χ1) is 8.20. The number of aliphatic hydroxyl groups excluding tert-OH is 1. The van der Waals surface area contributed by atoms with Gasteiger partial charge in [-0.1, -0.05) is 24.3 Å². The number of nitrogens with two attached hydrogens (primary N) is 1. The zero-order chi connectivity index (χ0) is 12.3. The number of aryl methyl sites for hydroxylation is 1. The first-order valence-electron chi connectivity index (χ1n) is 5.65. The zero-order valence-electron chi connectivity index (χ0n) is 9.87. The normalized spacial score (nSPS) is 12.6. The highest BCUT2D eigenvalue weighted by Gasteiger charge is 2.11. The van der Waals surface area contributed by atoms with Gasteiger partial charge in [0.05, 0.1) is 18.8 Å². The smallest absolute Gasteiger partial charge is 0.0988 e. The number of aromatic nitrogens is 2. The molecule has 1 unspecified atom stereocenters. The molecule has 3 N–H and O–H groups in total. The van der Waals surface area contributed by atoms with Crippen molar-refractivity contribution in [2.24, 2.45) is 5.73 Å². The third-order valence-corrected chi connectivity index (χ3v) is 2.83. The minimum absolute atomic E-state index is 0.449. The van der Waals surface area contributed by atoms with Crippen LogP contribution in [0, 0.1) is 6.92 Å². The van der Waals surface area contributed by atoms with E-state index in [1.807, 2.05) is 37.4 Å². The van der Waals surface area contributed by atoms with Crippen LogP contribution in [-0.2, 0) is 13.1 Å². The molecule has 0 aliphatic rings. The number of nitrogens with zero attached hydrogens (tertiary/aromatic N) is 2. The Bertz CT molecular complexity index is 493. The molecule has 0 saturated heterocycles. The lowest BCUT2D eigenvalue weighted by atomic mass is 10.0. The van der Waals surface area contributed by atoms with Crippen molar-refractivity contribution in [3.05, 3.63) is 53.3 Å². The zero-order valence-corrected chi connectivity index (χ0v) is 9.87. The van der Waals surface area contributed by atoms with Gasteiger partial charge in [0.15, 0.2) is 0 Å². The van der Waals surface area contributed by atoms with Crippen LogP contribution < -0.4 is 5.73 Å². The molecular formula is C13H17N3O. The van der Waals surface area contributed by atoms with Crippen molar-refractivity contribution in [1.29, 1.82) is 0 Å². The fourth-order valence-corrected chi connectivity index (χ4v) is 1.85. The molecular weight excluding hydrogens is 214 g/mol. The van der Waals surface area contributed by atoms with E-state index in [2.05, 4.69) is 5.10 Å². The van der Waals surface area contributed by atoms with Gasteiger partial charge in [-0.05, 0) is 18.1 Å². The predicted octanol–water partition coefficient (Wildman–Crippen LogP) is 1.38. The Balaban J connectivity index is 2.11. The molecule has 0 amide bonds. The summed E-state index contributed by atoms with van der Waals surface area (Å²) in [7, 11) is 0. The molecule has 1 atom stereocenters. The predicted molar refractivity (Wildman–Crippen MR) is 66.3 cm³/mol. The summed E-state index contributed by atoms with van der Waals surface area (Å²) in [5.41, 5.74) is 8.52. The Morgan fingerprint density at radius 3 is 2.82 bits per heavy atom. The lowest BCUT2D eigenvalue weighted by Gasteiger charge is -2.13. The molecule has 1 aromatic heterocycles. The second-order valence-electron chi connectivity index (χ2n) is 4.15. The standard InChI is InChI=1S/C13H17N3O/c1-10-4-2-3-5-12(10)13(17)9-16-8-11(6-14)7-15-16/h2-5,7-8,13,17H,6,9,14H2,1H3. The topological polar surface area (TPSA) is 64.1 Å². The molecule has 1 aromatic carbocycles. The van der Waals surface area contributed by atoms with Crippen molar-refractivity contribution in [3.63, 3.8) is 0 Å². The lowest BCUT2D eigenvalue weighted by molar-refractivity contribution is 0.151. The largest absolute Gasteiger partial charge is 0.386 e. The SMILES string of the molecule is Cc1ccccc1C(O)Cn1cc(CN)cn1. The average molecular weight is 231 g/mol. The number of hydrogen-bond acceptors (Lipinski definition) is 3. The van der Waals surface area contributed by atoms with Crippen LogP contribution >= 0.6 is 0 Å². The quantitative estimate of drug-likeness (QED) is 0.835. The number of rotatable bonds is 4. The molecule has 0 spiro atoms. The maximum absolute atomic E-state index is 10.1. The number of benzene rings is 1. The van der Waals surface area contributed by atoms with Crippen LogP contribution in [0.25, 0.3) is 0 Å². The summed E-state index contributed by atoms with van der Waals surface area (Å²) in [4.78, 5) is 0. The Hall–Kier alpha value is -1.65. The monoisotopic (exact) mass is 231 g/mol. The molecule has 0 saturated carbocycles. The molecule has 4 nitrogen and oxygen atoms in total. The minimum atomic E-state index is -0.540. The molecule has 90 valence electrons. The average Bonchev–Trinajstić information content (AvgIpc) is 2.77. The van der Waals surface area contributed by atoms with Gasteiger partial charge in [0.1, 0.15) is 0 Å². The van der Waals surface area contributed by atoms with Crippen molar-refractivity contribution in [2.75, 3.05) is 0 Å². The minimum Gasteiger partial charge on any atom is -0.386 e. The summed E-state index contributed by atoms with van der Waals surface area (Å²) in [6.45, 7) is 2.91. The van der Waals surface area contributed by atoms with Crippen LogP contribution in [0.15, 0.2) is 36.7 Å². The number of hydrogen-bond donors (Lipinski definition) is 2. The number of aliphatic hydroxyl groups is 1. The van der Waals surface area contributed by atoms with Gasteiger partial charge in [-0.2, -0.15) is 5.10 Å². The van der Waals surface area contributed by atoms with E-state index in [-0.39, 0.29) is 0 Å². The fraction of sp³-hybridized carbons (Fsp3) is 0.308. The maximum atomic E-state index is 10.1. The van der Waals surface area contributed by atoms with Gasteiger partial charge in [0.2, 0.25) is 0 Å². The molecule has 0 fully saturated rings. The van der Waals surface area contributed by atoms with Gasteiger partial charge in [-0.15, -0.1) is 0 Å². The van der Waals surface area contributed by atoms with Crippen molar-refractivity contribution in [1.82, 2.24) is 9.78 Å². The van der Waals surface area contributed by atoms with E-state index in [1.165, 1.54) is 0 Å². The highest BCUT2D eigenvalue weighted by atomic mass is 16.3. The van der Waals surface area contributed by atoms with Gasteiger partial charge >= 0.3 is 0 Å². The molecule has 0 radical (unpaired) electrons. The Labute approximate surface area is 101 Å². The third kappa shape index (κ3) is 2.72. The molecule has 17 heavy (non-hydrogen) atoms. The lowest BCUT2D eigenvalue weighted by Crippen LogP contribution is -2.10. The molecule has 0 bridgehead atoms. The first-order valence-corrected chi connectivity index (χ1v) is 5.65. The molecule has 0 aliphatic heterocycles. The summed E-state index contributed by atoms with van der Waals surface area (Å²) in [5.74, 6) is 0. The molecule has 1 heterocycles. The van der Waals surface area contributed by atoms with E-state index in [9.17, 15) is 5.11 Å². The van der Waals surface area contributed by atoms with Crippen LogP contribution in [0.4, 0.5) is 0 Å². The summed E-state index contributed by atoms with van der Waals surface area (Å²) in [6, 6.07) is 7.83. The Kier molecular flexibility index (Phi) is 3.56. The summed E-state index contributed by atoms with van der Waals surface area (Å²) in [6.07, 6.45) is 3.05. The van der Waals surface area contributed by atoms with E-state index in [0.717, 1.165) is 16.7 Å². The van der Waals surface area contributed by atoms with E-state index in [4.69, 9.17) is 5.73 Å². The van der Waals surface area contributed by atoms with Gasteiger partial charge in [0, 0.05) is 18.3 Å². The van der Waals surface area contributed by atoms with E-state index in [1.54, 1.807) is 10.9 Å². The highest BCUT2D eigenvalue weighted by Crippen LogP contribution is 2.18. The van der Waals surface area contributed by atoms with Crippen LogP contribution in [-0.4, -0.2) is 14.9 Å². The summed E-state index contributed by atoms with van der Waals surface area (Å²) >= 11 is 0. The van der Waals surface area contributed by atoms with Crippen molar-refractivity contribution < 1.29 is 5.11 Å². The van der Waals surface area contributed by atoms with E-state index in [0.29, 0.717) is 13.1 Å². The second kappa shape index (κ2) is 5.12. The summed E-state index contributed by atoms with van der Waals surface area (Å²) in [5, 5.41) is 14.3. The van der Waals surface area contributed by atoms with Crippen LogP contribution in [0.5, 0.6) is 0 Å². The first kappa shape index (κ1) is 11.8. The molecule has 0 aliphatic carbocycles. The Morgan fingerprint density at radius 2 is 2.18 bits per heavy atom. The van der Waals surface area contributed by atoms with Gasteiger partial charge in [0.25, 0.3) is 0 Å². The molecule has 2 rings (SSSR count). The van der Waals surface area contributed by atoms with Crippen molar-refractivity contribution >= 4 is 0 Å². The highest BCUT2D eigenvalue weighted by molar-refractivity contribution is 5.27. The fourth-order valence-electron chi connectivity index (χ4n) is 1.85. The molecule has 4 heteroatoms. The van der Waals surface area contributed by atoms with Crippen molar-refractivity contribution in [2.45, 2.75) is 26.1 Å². The maximum Gasteiger partial charge on any atom is 0.0988 e. The Morgan fingerprint density at radius 1 is 1.41 bits per heavy atom. The summed E-state index contributed by atoms with van der Waals surface area (Å²) < 4.78 is 1.72. The van der Waals surface area contributed by atoms with Crippen LogP contribution in [0.2, 0.25) is 0 Å². The van der Waals surface area contributed by atoms with Crippen LogP contribution in [0.1, 0.15) is 22.8 Å². The van der Waals surface area contributed by atoms with Crippen LogP contribution in [0.3, 0.4) is 0 Å². The molecule has 2 aromatic rings. The van der Waals surface area contributed by atoms with Crippen molar-refractivity contribution in [3.8, 4) is 0 Å².